The van der Waals surface area contributed by atoms with Gasteiger partial charge in [-0.1, -0.05) is 47.5 Å². The molecule has 2 aromatic carbocycles. The van der Waals surface area contributed by atoms with Gasteiger partial charge in [-0.3, -0.25) is 4.98 Å². The van der Waals surface area contributed by atoms with Crippen LogP contribution < -0.4 is 10.1 Å². The Kier molecular flexibility index (Phi) is 5.24. The molecule has 1 heterocycles. The molecule has 0 aliphatic carbocycles. The van der Waals surface area contributed by atoms with Crippen LogP contribution in [0.5, 0.6) is 11.5 Å². The van der Waals surface area contributed by atoms with E-state index in [0.29, 0.717) is 16.6 Å². The third kappa shape index (κ3) is 3.99. The minimum absolute atomic E-state index is 0.481. The fraction of sp³-hybridized carbons (Fsp3) is 0.105. The van der Waals surface area contributed by atoms with E-state index in [9.17, 15) is 0 Å². The zero-order chi connectivity index (χ0) is 16.9. The number of nitrogens with one attached hydrogen (secondary N) is 1. The predicted molar refractivity (Wildman–Crippen MR) is 99.3 cm³/mol. The molecule has 0 spiro atoms. The van der Waals surface area contributed by atoms with Crippen LogP contribution in [0.2, 0.25) is 10.0 Å². The lowest BCUT2D eigenvalue weighted by molar-refractivity contribution is 0.484. The van der Waals surface area contributed by atoms with Crippen LogP contribution in [0.4, 0.5) is 5.69 Å². The highest BCUT2D eigenvalue weighted by Gasteiger charge is 2.09. The predicted octanol–water partition coefficient (Wildman–Crippen LogP) is 6.10. The number of rotatable bonds is 5. The highest BCUT2D eigenvalue weighted by molar-refractivity contribution is 6.35. The average molecular weight is 359 g/mol. The van der Waals surface area contributed by atoms with Crippen LogP contribution in [0.3, 0.4) is 0 Å². The van der Waals surface area contributed by atoms with Gasteiger partial charge in [-0.15, -0.1) is 0 Å². The highest BCUT2D eigenvalue weighted by Crippen LogP contribution is 2.32. The van der Waals surface area contributed by atoms with Crippen LogP contribution in [0, 0.1) is 6.92 Å². The molecule has 0 saturated carbocycles. The summed E-state index contributed by atoms with van der Waals surface area (Å²) in [6.45, 7) is 2.51. The lowest BCUT2D eigenvalue weighted by Gasteiger charge is -2.15. The Balaban J connectivity index is 1.83. The Morgan fingerprint density at radius 1 is 1.00 bits per heavy atom. The van der Waals surface area contributed by atoms with Crippen molar-refractivity contribution in [2.24, 2.45) is 0 Å². The second-order valence-electron chi connectivity index (χ2n) is 5.35. The largest absolute Gasteiger partial charge is 0.455 e. The molecule has 122 valence electrons. The normalized spacial score (nSPS) is 10.5. The number of pyridine rings is 1. The van der Waals surface area contributed by atoms with Gasteiger partial charge in [0.2, 0.25) is 0 Å². The van der Waals surface area contributed by atoms with Crippen molar-refractivity contribution in [2.45, 2.75) is 13.5 Å². The average Bonchev–Trinajstić information content (AvgIpc) is 2.57. The van der Waals surface area contributed by atoms with Crippen LogP contribution in [0.1, 0.15) is 11.1 Å². The molecule has 1 N–H and O–H groups in total. The number of halogens is 2. The highest BCUT2D eigenvalue weighted by atomic mass is 35.5. The van der Waals surface area contributed by atoms with Crippen LogP contribution in [0.25, 0.3) is 0 Å². The number of para-hydroxylation sites is 1. The fourth-order valence-corrected chi connectivity index (χ4v) is 2.78. The standard InChI is InChI=1S/C19H16Cl2N2O/c1-13-7-8-19(24-14-5-3-2-4-6-14)18(9-13)23-10-15-16(20)11-22-12-17(15)21/h2-9,11-12,23H,10H2,1H3. The van der Waals surface area contributed by atoms with E-state index in [2.05, 4.69) is 10.3 Å². The summed E-state index contributed by atoms with van der Waals surface area (Å²) in [7, 11) is 0. The van der Waals surface area contributed by atoms with E-state index in [1.165, 1.54) is 0 Å². The molecular formula is C19H16Cl2N2O. The van der Waals surface area contributed by atoms with Gasteiger partial charge in [-0.05, 0) is 36.8 Å². The molecule has 0 aliphatic heterocycles. The molecule has 5 heteroatoms. The topological polar surface area (TPSA) is 34.1 Å². The van der Waals surface area contributed by atoms with Crippen molar-refractivity contribution in [2.75, 3.05) is 5.32 Å². The summed E-state index contributed by atoms with van der Waals surface area (Å²) in [6, 6.07) is 15.6. The number of benzene rings is 2. The molecule has 0 bridgehead atoms. The molecule has 3 rings (SSSR count). The van der Waals surface area contributed by atoms with Gasteiger partial charge in [0, 0.05) is 24.5 Å². The molecule has 0 amide bonds. The van der Waals surface area contributed by atoms with Gasteiger partial charge in [0.1, 0.15) is 5.75 Å². The number of aryl methyl sites for hydroxylation is 1. The third-order valence-corrected chi connectivity index (χ3v) is 4.17. The molecule has 0 radical (unpaired) electrons. The quantitative estimate of drug-likeness (QED) is 0.598. The summed E-state index contributed by atoms with van der Waals surface area (Å²) < 4.78 is 5.97. The van der Waals surface area contributed by atoms with Crippen molar-refractivity contribution in [1.29, 1.82) is 0 Å². The first-order valence-electron chi connectivity index (χ1n) is 7.49. The number of anilines is 1. The molecule has 3 nitrogen and oxygen atoms in total. The Morgan fingerprint density at radius 3 is 2.42 bits per heavy atom. The molecule has 24 heavy (non-hydrogen) atoms. The third-order valence-electron chi connectivity index (χ3n) is 3.51. The second kappa shape index (κ2) is 7.56. The summed E-state index contributed by atoms with van der Waals surface area (Å²) in [6.07, 6.45) is 3.17. The lowest BCUT2D eigenvalue weighted by Crippen LogP contribution is -2.03. The van der Waals surface area contributed by atoms with E-state index >= 15 is 0 Å². The van der Waals surface area contributed by atoms with E-state index in [1.54, 1.807) is 12.4 Å². The number of nitrogens with zero attached hydrogens (tertiary/aromatic N) is 1. The molecule has 0 aliphatic rings. The maximum Gasteiger partial charge on any atom is 0.150 e. The minimum Gasteiger partial charge on any atom is -0.455 e. The van der Waals surface area contributed by atoms with Crippen molar-refractivity contribution in [3.63, 3.8) is 0 Å². The van der Waals surface area contributed by atoms with Gasteiger partial charge in [0.25, 0.3) is 0 Å². The van der Waals surface area contributed by atoms with Crippen molar-refractivity contribution in [3.05, 3.63) is 82.1 Å². The summed E-state index contributed by atoms with van der Waals surface area (Å²) in [5, 5.41) is 4.42. The van der Waals surface area contributed by atoms with Crippen LogP contribution in [-0.2, 0) is 6.54 Å². The van der Waals surface area contributed by atoms with Crippen molar-refractivity contribution in [1.82, 2.24) is 4.98 Å². The molecule has 0 saturated heterocycles. The first-order chi connectivity index (χ1) is 11.6. The zero-order valence-corrected chi connectivity index (χ0v) is 14.6. The summed E-state index contributed by atoms with van der Waals surface area (Å²) >= 11 is 12.4. The Morgan fingerprint density at radius 2 is 1.71 bits per heavy atom. The first-order valence-corrected chi connectivity index (χ1v) is 8.24. The maximum absolute atomic E-state index is 6.18. The molecule has 0 atom stereocenters. The second-order valence-corrected chi connectivity index (χ2v) is 6.16. The molecule has 0 fully saturated rings. The van der Waals surface area contributed by atoms with Gasteiger partial charge in [0.15, 0.2) is 5.75 Å². The monoisotopic (exact) mass is 358 g/mol. The van der Waals surface area contributed by atoms with E-state index in [1.807, 2.05) is 55.5 Å². The van der Waals surface area contributed by atoms with E-state index < -0.39 is 0 Å². The van der Waals surface area contributed by atoms with Crippen molar-refractivity contribution >= 4 is 28.9 Å². The SMILES string of the molecule is Cc1ccc(Oc2ccccc2)c(NCc2c(Cl)cncc2Cl)c1. The Labute approximate surface area is 151 Å². The van der Waals surface area contributed by atoms with Gasteiger partial charge in [-0.2, -0.15) is 0 Å². The molecular weight excluding hydrogens is 343 g/mol. The Bertz CT molecular complexity index is 818. The fourth-order valence-electron chi connectivity index (χ4n) is 2.28. The molecule has 3 aromatic rings. The molecule has 1 aromatic heterocycles. The minimum atomic E-state index is 0.481. The van der Waals surface area contributed by atoms with Crippen LogP contribution in [0.15, 0.2) is 60.9 Å². The van der Waals surface area contributed by atoms with E-state index in [4.69, 9.17) is 27.9 Å². The van der Waals surface area contributed by atoms with Crippen molar-refractivity contribution in [3.8, 4) is 11.5 Å². The van der Waals surface area contributed by atoms with Gasteiger partial charge in [0.05, 0.1) is 15.7 Å². The van der Waals surface area contributed by atoms with E-state index in [-0.39, 0.29) is 0 Å². The lowest BCUT2D eigenvalue weighted by atomic mass is 10.2. The smallest absolute Gasteiger partial charge is 0.150 e. The first kappa shape index (κ1) is 16.6. The number of aromatic nitrogens is 1. The van der Waals surface area contributed by atoms with Gasteiger partial charge < -0.3 is 10.1 Å². The summed E-state index contributed by atoms with van der Waals surface area (Å²) in [4.78, 5) is 3.97. The zero-order valence-electron chi connectivity index (χ0n) is 13.1. The van der Waals surface area contributed by atoms with Crippen LogP contribution in [-0.4, -0.2) is 4.98 Å². The summed E-state index contributed by atoms with van der Waals surface area (Å²) in [5.74, 6) is 1.53. The van der Waals surface area contributed by atoms with E-state index in [0.717, 1.165) is 28.3 Å². The van der Waals surface area contributed by atoms with Gasteiger partial charge in [-0.25, -0.2) is 0 Å². The van der Waals surface area contributed by atoms with Crippen molar-refractivity contribution < 1.29 is 4.74 Å². The Hall–Kier alpha value is -2.23. The number of hydrogen-bond donors (Lipinski definition) is 1. The molecule has 0 unspecified atom stereocenters. The maximum atomic E-state index is 6.18. The summed E-state index contributed by atoms with van der Waals surface area (Å²) in [5.41, 5.74) is 2.81. The number of hydrogen-bond acceptors (Lipinski definition) is 3. The number of ether oxygens (including phenoxy) is 1. The van der Waals surface area contributed by atoms with Gasteiger partial charge >= 0.3 is 0 Å². The van der Waals surface area contributed by atoms with Crippen LogP contribution >= 0.6 is 23.2 Å².